The van der Waals surface area contributed by atoms with Crippen molar-refractivity contribution in [3.8, 4) is 5.75 Å². The number of hydrogen-bond acceptors (Lipinski definition) is 4. The van der Waals surface area contributed by atoms with E-state index in [0.29, 0.717) is 17.1 Å². The molecule has 2 rings (SSSR count). The van der Waals surface area contributed by atoms with Crippen molar-refractivity contribution in [2.45, 2.75) is 27.4 Å². The first-order chi connectivity index (χ1) is 9.51. The molecule has 3 N–H and O–H groups in total. The van der Waals surface area contributed by atoms with E-state index in [-0.39, 0.29) is 12.5 Å². The molecule has 0 aliphatic rings. The molecule has 1 amide bonds. The van der Waals surface area contributed by atoms with E-state index in [1.54, 1.807) is 13.0 Å². The zero-order valence-electron chi connectivity index (χ0n) is 11.8. The van der Waals surface area contributed by atoms with Gasteiger partial charge in [0.1, 0.15) is 23.9 Å². The third-order valence-electron chi connectivity index (χ3n) is 3.06. The third-order valence-corrected chi connectivity index (χ3v) is 3.06. The van der Waals surface area contributed by atoms with Gasteiger partial charge in [0.2, 0.25) is 0 Å². The molecule has 0 bridgehead atoms. The molecular formula is C15H18N2O3. The quantitative estimate of drug-likeness (QED) is 0.510. The lowest BCUT2D eigenvalue weighted by Gasteiger charge is -2.08. The van der Waals surface area contributed by atoms with Gasteiger partial charge in [0, 0.05) is 0 Å². The SMILES string of the molecule is Cc1ccc(C)c(OCc2cc(C(=O)NN)c(C)o2)c1. The van der Waals surface area contributed by atoms with Crippen LogP contribution in [0.25, 0.3) is 0 Å². The van der Waals surface area contributed by atoms with Crippen LogP contribution in [0.3, 0.4) is 0 Å². The van der Waals surface area contributed by atoms with Crippen molar-refractivity contribution in [1.82, 2.24) is 5.43 Å². The Kier molecular flexibility index (Phi) is 4.10. The second-order valence-corrected chi connectivity index (χ2v) is 4.71. The molecule has 0 spiro atoms. The van der Waals surface area contributed by atoms with E-state index < -0.39 is 0 Å². The highest BCUT2D eigenvalue weighted by molar-refractivity contribution is 5.94. The van der Waals surface area contributed by atoms with Gasteiger partial charge in [-0.2, -0.15) is 0 Å². The Hall–Kier alpha value is -2.27. The molecule has 0 saturated carbocycles. The van der Waals surface area contributed by atoms with Crippen molar-refractivity contribution >= 4 is 5.91 Å². The minimum atomic E-state index is -0.371. The van der Waals surface area contributed by atoms with Gasteiger partial charge < -0.3 is 9.15 Å². The number of benzene rings is 1. The molecule has 0 fully saturated rings. The van der Waals surface area contributed by atoms with E-state index in [1.165, 1.54) is 0 Å². The molecule has 1 aromatic heterocycles. The number of amides is 1. The number of nitrogen functional groups attached to an aromatic ring is 1. The van der Waals surface area contributed by atoms with Crippen LogP contribution in [0, 0.1) is 20.8 Å². The summed E-state index contributed by atoms with van der Waals surface area (Å²) in [5.74, 6) is 6.66. The zero-order valence-corrected chi connectivity index (χ0v) is 11.8. The Bertz CT molecular complexity index is 632. The van der Waals surface area contributed by atoms with Crippen molar-refractivity contribution in [2.24, 2.45) is 5.84 Å². The molecule has 0 atom stereocenters. The van der Waals surface area contributed by atoms with Crippen LogP contribution < -0.4 is 16.0 Å². The lowest BCUT2D eigenvalue weighted by atomic mass is 10.1. The van der Waals surface area contributed by atoms with Crippen LogP contribution in [0.5, 0.6) is 5.75 Å². The topological polar surface area (TPSA) is 77.5 Å². The van der Waals surface area contributed by atoms with E-state index in [4.69, 9.17) is 15.0 Å². The molecule has 0 unspecified atom stereocenters. The second-order valence-electron chi connectivity index (χ2n) is 4.71. The van der Waals surface area contributed by atoms with Crippen LogP contribution in [-0.2, 0) is 6.61 Å². The maximum Gasteiger partial charge on any atom is 0.268 e. The van der Waals surface area contributed by atoms with Gasteiger partial charge in [0.15, 0.2) is 0 Å². The summed E-state index contributed by atoms with van der Waals surface area (Å²) in [6.07, 6.45) is 0. The molecule has 2 aromatic rings. The lowest BCUT2D eigenvalue weighted by molar-refractivity contribution is 0.0952. The molecule has 1 heterocycles. The van der Waals surface area contributed by atoms with E-state index in [1.807, 2.05) is 32.0 Å². The molecule has 5 heteroatoms. The van der Waals surface area contributed by atoms with Crippen molar-refractivity contribution < 1.29 is 13.9 Å². The Balaban J connectivity index is 2.11. The first-order valence-corrected chi connectivity index (χ1v) is 6.31. The average Bonchev–Trinajstić information content (AvgIpc) is 2.80. The number of nitrogens with one attached hydrogen (secondary N) is 1. The maximum absolute atomic E-state index is 11.5. The van der Waals surface area contributed by atoms with Crippen LogP contribution in [0.15, 0.2) is 28.7 Å². The third kappa shape index (κ3) is 3.00. The monoisotopic (exact) mass is 274 g/mol. The number of rotatable bonds is 4. The van der Waals surface area contributed by atoms with Crippen molar-refractivity contribution in [1.29, 1.82) is 0 Å². The van der Waals surface area contributed by atoms with E-state index >= 15 is 0 Å². The molecule has 0 aliphatic heterocycles. The number of furan rings is 1. The van der Waals surface area contributed by atoms with Crippen LogP contribution in [-0.4, -0.2) is 5.91 Å². The van der Waals surface area contributed by atoms with Gasteiger partial charge in [-0.25, -0.2) is 5.84 Å². The summed E-state index contributed by atoms with van der Waals surface area (Å²) in [5, 5.41) is 0. The van der Waals surface area contributed by atoms with Crippen molar-refractivity contribution in [3.63, 3.8) is 0 Å². The van der Waals surface area contributed by atoms with Gasteiger partial charge in [0.05, 0.1) is 5.56 Å². The van der Waals surface area contributed by atoms with Crippen LogP contribution in [0.1, 0.15) is 33.0 Å². The maximum atomic E-state index is 11.5. The molecular weight excluding hydrogens is 256 g/mol. The molecule has 20 heavy (non-hydrogen) atoms. The van der Waals surface area contributed by atoms with Crippen molar-refractivity contribution in [3.05, 3.63) is 52.5 Å². The number of carbonyl (C=O) groups is 1. The summed E-state index contributed by atoms with van der Waals surface area (Å²) in [6, 6.07) is 7.65. The smallest absolute Gasteiger partial charge is 0.268 e. The number of hydrazine groups is 1. The van der Waals surface area contributed by atoms with E-state index in [0.717, 1.165) is 16.9 Å². The Morgan fingerprint density at radius 2 is 2.05 bits per heavy atom. The largest absolute Gasteiger partial charge is 0.485 e. The minimum Gasteiger partial charge on any atom is -0.485 e. The fourth-order valence-corrected chi connectivity index (χ4v) is 1.93. The number of carbonyl (C=O) groups excluding carboxylic acids is 1. The van der Waals surface area contributed by atoms with Gasteiger partial charge >= 0.3 is 0 Å². The summed E-state index contributed by atoms with van der Waals surface area (Å²) in [5.41, 5.74) is 4.69. The Labute approximate surface area is 117 Å². The Morgan fingerprint density at radius 3 is 2.75 bits per heavy atom. The Morgan fingerprint density at radius 1 is 1.30 bits per heavy atom. The van der Waals surface area contributed by atoms with Gasteiger partial charge in [-0.05, 0) is 44.0 Å². The normalized spacial score (nSPS) is 10.4. The first kappa shape index (κ1) is 14.1. The van der Waals surface area contributed by atoms with Gasteiger partial charge in [-0.1, -0.05) is 12.1 Å². The fourth-order valence-electron chi connectivity index (χ4n) is 1.93. The van der Waals surface area contributed by atoms with Crippen LogP contribution >= 0.6 is 0 Å². The molecule has 0 radical (unpaired) electrons. The van der Waals surface area contributed by atoms with Gasteiger partial charge in [-0.15, -0.1) is 0 Å². The second kappa shape index (κ2) is 5.79. The molecule has 0 aliphatic carbocycles. The van der Waals surface area contributed by atoms with Gasteiger partial charge in [0.25, 0.3) is 5.91 Å². The van der Waals surface area contributed by atoms with Crippen LogP contribution in [0.2, 0.25) is 0 Å². The van der Waals surface area contributed by atoms with E-state index in [9.17, 15) is 4.79 Å². The number of ether oxygens (including phenoxy) is 1. The average molecular weight is 274 g/mol. The summed E-state index contributed by atoms with van der Waals surface area (Å²) in [7, 11) is 0. The van der Waals surface area contributed by atoms with E-state index in [2.05, 4.69) is 5.43 Å². The van der Waals surface area contributed by atoms with Gasteiger partial charge in [-0.3, -0.25) is 10.2 Å². The highest BCUT2D eigenvalue weighted by Crippen LogP contribution is 2.22. The molecule has 1 aromatic carbocycles. The standard InChI is InChI=1S/C15H18N2O3/c1-9-4-5-10(2)14(6-9)19-8-12-7-13(11(3)20-12)15(18)17-16/h4-7H,8,16H2,1-3H3,(H,17,18). The fraction of sp³-hybridized carbons (Fsp3) is 0.267. The number of hydrogen-bond donors (Lipinski definition) is 2. The van der Waals surface area contributed by atoms with Crippen molar-refractivity contribution in [2.75, 3.05) is 0 Å². The summed E-state index contributed by atoms with van der Waals surface area (Å²) >= 11 is 0. The molecule has 5 nitrogen and oxygen atoms in total. The highest BCUT2D eigenvalue weighted by Gasteiger charge is 2.14. The summed E-state index contributed by atoms with van der Waals surface area (Å²) in [6.45, 7) is 5.97. The lowest BCUT2D eigenvalue weighted by Crippen LogP contribution is -2.30. The van der Waals surface area contributed by atoms with Crippen LogP contribution in [0.4, 0.5) is 0 Å². The predicted octanol–water partition coefficient (Wildman–Crippen LogP) is 2.39. The number of aryl methyl sites for hydroxylation is 3. The summed E-state index contributed by atoms with van der Waals surface area (Å²) in [4.78, 5) is 11.5. The minimum absolute atomic E-state index is 0.267. The molecule has 106 valence electrons. The molecule has 0 saturated heterocycles. The highest BCUT2D eigenvalue weighted by atomic mass is 16.5. The summed E-state index contributed by atoms with van der Waals surface area (Å²) < 4.78 is 11.2. The zero-order chi connectivity index (χ0) is 14.7. The first-order valence-electron chi connectivity index (χ1n) is 6.31. The predicted molar refractivity (Wildman–Crippen MR) is 75.3 cm³/mol. The number of nitrogens with two attached hydrogens (primary N) is 1.